The summed E-state index contributed by atoms with van der Waals surface area (Å²) in [5, 5.41) is -8.98. The first-order valence-electron chi connectivity index (χ1n) is 11.1. The fraction of sp³-hybridized carbons (Fsp3) is 0.182. The minimum atomic E-state index is -9.98. The molecule has 3 rings (SSSR count). The third kappa shape index (κ3) is 4.81. The molecule has 0 N–H and O–H groups in total. The summed E-state index contributed by atoms with van der Waals surface area (Å²) in [6, 6.07) is 0. The second-order valence-electron chi connectivity index (χ2n) is 8.87. The number of rotatable bonds is 7. The fourth-order valence-corrected chi connectivity index (χ4v) is 12.4. The van der Waals surface area contributed by atoms with Crippen LogP contribution in [0.3, 0.4) is 0 Å². The molecule has 0 aliphatic heterocycles. The van der Waals surface area contributed by atoms with Crippen molar-refractivity contribution in [3.63, 3.8) is 0 Å². The van der Waals surface area contributed by atoms with E-state index in [2.05, 4.69) is 0 Å². The summed E-state index contributed by atoms with van der Waals surface area (Å²) < 4.78 is 372. The molecule has 0 aliphatic carbocycles. The number of benzene rings is 3. The van der Waals surface area contributed by atoms with Crippen molar-refractivity contribution in [1.82, 2.24) is 0 Å². The molecule has 280 valence electrons. The molecule has 0 aromatic heterocycles. The summed E-state index contributed by atoms with van der Waals surface area (Å²) in [4.78, 5) is -13.5. The Hall–Kier alpha value is -3.72. The van der Waals surface area contributed by atoms with Gasteiger partial charge in [-0.05, 0) is 9.06 Å². The first-order chi connectivity index (χ1) is 22.3. The molecule has 0 fully saturated rings. The van der Waals surface area contributed by atoms with E-state index in [4.69, 9.17) is 0 Å². The average molecular weight is 816 g/mol. The van der Waals surface area contributed by atoms with E-state index in [-0.39, 0.29) is 0 Å². The first kappa shape index (κ1) is 40.7. The second kappa shape index (κ2) is 11.9. The highest BCUT2D eigenvalue weighted by Gasteiger charge is 2.87. The van der Waals surface area contributed by atoms with E-state index in [9.17, 15) is 78.7 Å². The molecule has 0 amide bonds. The Morgan fingerprint density at radius 3 is 0.660 bits per heavy atom. The largest absolute Gasteiger partial charge is 0.460 e. The van der Waals surface area contributed by atoms with Gasteiger partial charge in [-0.2, -0.15) is 39.5 Å². The predicted octanol–water partition coefficient (Wildman–Crippen LogP) is 9.81. The molecule has 0 saturated carbocycles. The van der Waals surface area contributed by atoms with Gasteiger partial charge in [-0.25, -0.2) is 74.3 Å². The number of alkyl halides is 9. The first-order valence-corrected chi connectivity index (χ1v) is 14.7. The van der Waals surface area contributed by atoms with Crippen LogP contribution in [0.4, 0.5) is 105 Å². The Morgan fingerprint density at radius 1 is 0.300 bits per heavy atom. The third-order valence-electron chi connectivity index (χ3n) is 6.13. The van der Waals surface area contributed by atoms with Gasteiger partial charge in [-0.1, -0.05) is 0 Å². The van der Waals surface area contributed by atoms with Crippen molar-refractivity contribution in [3.05, 3.63) is 87.3 Å². The summed E-state index contributed by atoms with van der Waals surface area (Å²) in [5.41, 5.74) is 0. The molecule has 0 bridgehead atoms. The lowest BCUT2D eigenvalue weighted by molar-refractivity contribution is -0.381. The Bertz CT molecular complexity index is 1800. The van der Waals surface area contributed by atoms with Gasteiger partial charge in [-0.3, -0.25) is 0 Å². The van der Waals surface area contributed by atoms with Gasteiger partial charge in [0, 0.05) is 0 Å². The Kier molecular flexibility index (Phi) is 9.71. The van der Waals surface area contributed by atoms with Crippen LogP contribution >= 0.6 is 9.06 Å². The van der Waals surface area contributed by atoms with Crippen molar-refractivity contribution in [2.45, 2.75) is 38.0 Å². The smallest absolute Gasteiger partial charge is 0.211 e. The molecule has 28 heteroatoms. The topological polar surface area (TPSA) is 34.1 Å². The molecule has 0 saturated heterocycles. The van der Waals surface area contributed by atoms with Crippen molar-refractivity contribution in [2.75, 3.05) is 0 Å². The highest BCUT2D eigenvalue weighted by atomic mass is 33.2. The van der Waals surface area contributed by atoms with Gasteiger partial charge in [0.1, 0.15) is 0 Å². The summed E-state index contributed by atoms with van der Waals surface area (Å²) in [6.07, 6.45) is -8.17. The zero-order valence-electron chi connectivity index (χ0n) is 21.7. The zero-order chi connectivity index (χ0) is 39.4. The number of halogens is 24. The zero-order valence-corrected chi connectivity index (χ0v) is 23.3. The van der Waals surface area contributed by atoms with Crippen molar-refractivity contribution in [2.24, 2.45) is 0 Å². The van der Waals surface area contributed by atoms with E-state index in [0.29, 0.717) is 0 Å². The van der Waals surface area contributed by atoms with E-state index >= 15 is 35.1 Å². The average Bonchev–Trinajstić information content (AvgIpc) is 3.01. The molecule has 0 unspecified atom stereocenters. The standard InChI is InChI=1S/C22F24O2S2/c23-1-4(26)10(32)16(11(33)5(1)27)49(17-12(34)6(28)2(24)7(29)13(17)35,18-14(36)8(30)3(25)9(31)15(18)37)50(47,48)22(45,46)20(40,41)19(38,39)21(42,43)44. The van der Waals surface area contributed by atoms with Gasteiger partial charge in [0.25, 0.3) is 8.87 Å². The summed E-state index contributed by atoms with van der Waals surface area (Å²) in [7, 11) is -19.2. The van der Waals surface area contributed by atoms with Gasteiger partial charge >= 0.3 is 23.3 Å². The van der Waals surface area contributed by atoms with Crippen LogP contribution in [0.5, 0.6) is 0 Å². The van der Waals surface area contributed by atoms with Crippen LogP contribution in [0.15, 0.2) is 14.7 Å². The van der Waals surface area contributed by atoms with Gasteiger partial charge in [-0.15, -0.1) is 0 Å². The SMILES string of the molecule is O=S(=O)(C(F)(F)C(F)(F)C(F)(F)C(F)(F)F)S(c1c(F)c(F)c(F)c(F)c1F)(c1c(F)c(F)c(F)c(F)c1F)c1c(F)c(F)c(F)c(F)c1F. The molecular weight excluding hydrogens is 816 g/mol. The van der Waals surface area contributed by atoms with Crippen molar-refractivity contribution in [1.29, 1.82) is 0 Å². The predicted molar refractivity (Wildman–Crippen MR) is 111 cm³/mol. The minimum absolute atomic E-state index is 3.73. The maximum atomic E-state index is 15.4. The normalized spacial score (nSPS) is 14.1. The molecule has 0 atom stereocenters. The summed E-state index contributed by atoms with van der Waals surface area (Å²) >= 11 is 0. The molecule has 0 spiro atoms. The van der Waals surface area contributed by atoms with E-state index in [1.165, 1.54) is 0 Å². The lowest BCUT2D eigenvalue weighted by atomic mass is 10.1. The molecular formula is C22F24O2S2. The van der Waals surface area contributed by atoms with E-state index in [1.54, 1.807) is 0 Å². The molecule has 3 aromatic rings. The Balaban J connectivity index is 3.12. The molecule has 0 aliphatic rings. The highest BCUT2D eigenvalue weighted by molar-refractivity contribution is 8.90. The van der Waals surface area contributed by atoms with Crippen LogP contribution < -0.4 is 0 Å². The third-order valence-corrected chi connectivity index (χ3v) is 14.6. The second-order valence-corrected chi connectivity index (χ2v) is 15.4. The van der Waals surface area contributed by atoms with E-state index in [1.807, 2.05) is 0 Å². The highest BCUT2D eigenvalue weighted by Crippen LogP contribution is 2.80. The van der Waals surface area contributed by atoms with E-state index in [0.717, 1.165) is 0 Å². The van der Waals surface area contributed by atoms with Gasteiger partial charge in [0.2, 0.25) is 17.5 Å². The van der Waals surface area contributed by atoms with Crippen molar-refractivity contribution < 1.29 is 114 Å². The maximum Gasteiger partial charge on any atom is 0.460 e. The number of hydrogen-bond donors (Lipinski definition) is 0. The lowest BCUT2D eigenvalue weighted by Crippen LogP contribution is -2.63. The van der Waals surface area contributed by atoms with Crippen LogP contribution in [-0.2, 0) is 8.87 Å². The molecule has 0 heterocycles. The summed E-state index contributed by atoms with van der Waals surface area (Å²) in [6.45, 7) is 0. The molecule has 2 nitrogen and oxygen atoms in total. The fourth-order valence-electron chi connectivity index (χ4n) is 3.82. The molecule has 3 aromatic carbocycles. The lowest BCUT2D eigenvalue weighted by Gasteiger charge is -2.44. The van der Waals surface area contributed by atoms with Gasteiger partial charge < -0.3 is 0 Å². The van der Waals surface area contributed by atoms with E-state index < -0.39 is 143 Å². The minimum Gasteiger partial charge on any atom is -0.211 e. The van der Waals surface area contributed by atoms with Gasteiger partial charge in [0.05, 0.1) is 14.7 Å². The van der Waals surface area contributed by atoms with Crippen molar-refractivity contribution >= 4 is 17.9 Å². The van der Waals surface area contributed by atoms with Crippen LogP contribution in [0.1, 0.15) is 0 Å². The van der Waals surface area contributed by atoms with Crippen molar-refractivity contribution in [3.8, 4) is 0 Å². The van der Waals surface area contributed by atoms with Crippen LogP contribution in [0, 0.1) is 87.3 Å². The van der Waals surface area contributed by atoms with Gasteiger partial charge in [0.15, 0.2) is 69.8 Å². The molecule has 50 heavy (non-hydrogen) atoms. The van der Waals surface area contributed by atoms with Crippen LogP contribution in [-0.4, -0.2) is 31.7 Å². The molecule has 0 radical (unpaired) electrons. The number of hydrogen-bond acceptors (Lipinski definition) is 2. The van der Waals surface area contributed by atoms with Crippen LogP contribution in [0.2, 0.25) is 0 Å². The van der Waals surface area contributed by atoms with Crippen LogP contribution in [0.25, 0.3) is 0 Å². The monoisotopic (exact) mass is 816 g/mol. The Labute approximate surface area is 257 Å². The Morgan fingerprint density at radius 2 is 0.480 bits per heavy atom. The maximum absolute atomic E-state index is 15.4. The quantitative estimate of drug-likeness (QED) is 0.103. The summed E-state index contributed by atoms with van der Waals surface area (Å²) in [5.74, 6) is -79.2.